The quantitative estimate of drug-likeness (QED) is 0.425. The fraction of sp³-hybridized carbons (Fsp3) is 0. The SMILES string of the molecule is NS(=O)(=O)c1ccccc1NC(=S)NN=C1C(=O)Nc2c(Cl)cc(Cl)cc21. The Morgan fingerprint density at radius 2 is 1.93 bits per heavy atom. The second-order valence-electron chi connectivity index (χ2n) is 5.33. The number of hydrazone groups is 1. The minimum atomic E-state index is -3.95. The monoisotopic (exact) mass is 443 g/mol. The van der Waals surface area contributed by atoms with Crippen molar-refractivity contribution in [2.45, 2.75) is 4.90 Å². The zero-order valence-corrected chi connectivity index (χ0v) is 16.4. The number of primary sulfonamides is 1. The average Bonchev–Trinajstić information content (AvgIpc) is 2.88. The van der Waals surface area contributed by atoms with Crippen LogP contribution in [0.4, 0.5) is 11.4 Å². The van der Waals surface area contributed by atoms with Gasteiger partial charge in [0.2, 0.25) is 10.0 Å². The van der Waals surface area contributed by atoms with Crippen LogP contribution in [0.2, 0.25) is 10.0 Å². The van der Waals surface area contributed by atoms with Crippen molar-refractivity contribution in [3.05, 3.63) is 52.0 Å². The van der Waals surface area contributed by atoms with Crippen molar-refractivity contribution in [1.82, 2.24) is 5.43 Å². The number of nitrogens with two attached hydrogens (primary N) is 1. The summed E-state index contributed by atoms with van der Waals surface area (Å²) in [6.07, 6.45) is 0. The van der Waals surface area contributed by atoms with Gasteiger partial charge in [-0.15, -0.1) is 0 Å². The number of nitrogens with zero attached hydrogens (tertiary/aromatic N) is 1. The fourth-order valence-electron chi connectivity index (χ4n) is 2.37. The van der Waals surface area contributed by atoms with Crippen LogP contribution >= 0.6 is 35.4 Å². The topological polar surface area (TPSA) is 126 Å². The largest absolute Gasteiger partial charge is 0.330 e. The van der Waals surface area contributed by atoms with Crippen molar-refractivity contribution >= 4 is 73.5 Å². The Balaban J connectivity index is 1.83. The molecule has 0 fully saturated rings. The first-order chi connectivity index (χ1) is 12.7. The molecule has 0 aliphatic carbocycles. The molecule has 27 heavy (non-hydrogen) atoms. The van der Waals surface area contributed by atoms with E-state index in [9.17, 15) is 13.2 Å². The average molecular weight is 444 g/mol. The molecule has 0 atom stereocenters. The molecule has 2 aromatic rings. The molecule has 0 radical (unpaired) electrons. The van der Waals surface area contributed by atoms with Gasteiger partial charge in [-0.05, 0) is 36.5 Å². The van der Waals surface area contributed by atoms with Crippen molar-refractivity contribution in [3.8, 4) is 0 Å². The molecule has 5 N–H and O–H groups in total. The van der Waals surface area contributed by atoms with Crippen molar-refractivity contribution in [2.75, 3.05) is 10.6 Å². The van der Waals surface area contributed by atoms with Gasteiger partial charge in [0.15, 0.2) is 10.8 Å². The van der Waals surface area contributed by atoms with Crippen LogP contribution in [0, 0.1) is 0 Å². The van der Waals surface area contributed by atoms with Gasteiger partial charge in [-0.3, -0.25) is 10.2 Å². The smallest absolute Gasteiger partial charge is 0.276 e. The predicted octanol–water partition coefficient (Wildman–Crippen LogP) is 2.28. The van der Waals surface area contributed by atoms with Gasteiger partial charge in [0.1, 0.15) is 4.90 Å². The molecule has 1 aliphatic heterocycles. The molecule has 1 aliphatic rings. The Bertz CT molecular complexity index is 1100. The highest BCUT2D eigenvalue weighted by atomic mass is 35.5. The first-order valence-electron chi connectivity index (χ1n) is 7.24. The van der Waals surface area contributed by atoms with Crippen LogP contribution in [-0.4, -0.2) is 25.1 Å². The van der Waals surface area contributed by atoms with E-state index in [-0.39, 0.29) is 26.4 Å². The summed E-state index contributed by atoms with van der Waals surface area (Å²) in [6, 6.07) is 8.98. The van der Waals surface area contributed by atoms with Crippen LogP contribution in [0.5, 0.6) is 0 Å². The summed E-state index contributed by atoms with van der Waals surface area (Å²) in [4.78, 5) is 12.0. The molecule has 0 bridgehead atoms. The van der Waals surface area contributed by atoms with E-state index in [0.29, 0.717) is 16.3 Å². The van der Waals surface area contributed by atoms with E-state index in [1.165, 1.54) is 30.3 Å². The second kappa shape index (κ2) is 7.41. The van der Waals surface area contributed by atoms with E-state index in [2.05, 4.69) is 21.2 Å². The van der Waals surface area contributed by atoms with Gasteiger partial charge < -0.3 is 10.6 Å². The van der Waals surface area contributed by atoms with Crippen molar-refractivity contribution in [2.24, 2.45) is 10.2 Å². The predicted molar refractivity (Wildman–Crippen MR) is 109 cm³/mol. The molecule has 0 saturated heterocycles. The first-order valence-corrected chi connectivity index (χ1v) is 9.95. The summed E-state index contributed by atoms with van der Waals surface area (Å²) in [5, 5.41) is 15.0. The third-order valence-electron chi connectivity index (χ3n) is 3.47. The number of para-hydroxylation sites is 1. The number of nitrogens with one attached hydrogen (secondary N) is 3. The lowest BCUT2D eigenvalue weighted by molar-refractivity contribution is -0.110. The summed E-state index contributed by atoms with van der Waals surface area (Å²) in [7, 11) is -3.95. The lowest BCUT2D eigenvalue weighted by Gasteiger charge is -2.11. The van der Waals surface area contributed by atoms with Gasteiger partial charge in [0.05, 0.1) is 16.4 Å². The highest BCUT2D eigenvalue weighted by Crippen LogP contribution is 2.34. The van der Waals surface area contributed by atoms with Gasteiger partial charge >= 0.3 is 0 Å². The number of carbonyl (C=O) groups excluding carboxylic acids is 1. The number of hydrogen-bond acceptors (Lipinski definition) is 5. The first kappa shape index (κ1) is 19.5. The third-order valence-corrected chi connectivity index (χ3v) is 5.15. The summed E-state index contributed by atoms with van der Waals surface area (Å²) in [6.45, 7) is 0. The van der Waals surface area contributed by atoms with Gasteiger partial charge in [-0.1, -0.05) is 35.3 Å². The van der Waals surface area contributed by atoms with E-state index in [1.54, 1.807) is 6.07 Å². The van der Waals surface area contributed by atoms with Crippen LogP contribution < -0.4 is 21.2 Å². The summed E-state index contributed by atoms with van der Waals surface area (Å²) in [5.41, 5.74) is 3.49. The van der Waals surface area contributed by atoms with E-state index >= 15 is 0 Å². The zero-order valence-electron chi connectivity index (χ0n) is 13.3. The van der Waals surface area contributed by atoms with Gasteiger partial charge in [0, 0.05) is 10.6 Å². The van der Waals surface area contributed by atoms with Crippen LogP contribution in [0.25, 0.3) is 0 Å². The van der Waals surface area contributed by atoms with E-state index < -0.39 is 15.9 Å². The Labute approximate surface area is 169 Å². The van der Waals surface area contributed by atoms with E-state index in [4.69, 9.17) is 40.6 Å². The molecule has 0 aromatic heterocycles. The van der Waals surface area contributed by atoms with Gasteiger partial charge in [-0.25, -0.2) is 13.6 Å². The Morgan fingerprint density at radius 3 is 2.63 bits per heavy atom. The van der Waals surface area contributed by atoms with Crippen molar-refractivity contribution in [1.29, 1.82) is 0 Å². The Hall–Kier alpha value is -2.24. The minimum Gasteiger partial charge on any atom is -0.330 e. The van der Waals surface area contributed by atoms with E-state index in [1.807, 2.05) is 0 Å². The molecule has 1 amide bonds. The maximum Gasteiger partial charge on any atom is 0.276 e. The number of sulfonamides is 1. The Morgan fingerprint density at radius 1 is 1.22 bits per heavy atom. The third kappa shape index (κ3) is 4.20. The van der Waals surface area contributed by atoms with Crippen molar-refractivity contribution in [3.63, 3.8) is 0 Å². The lowest BCUT2D eigenvalue weighted by Crippen LogP contribution is -2.28. The fourth-order valence-corrected chi connectivity index (χ4v) is 3.76. The normalized spacial score (nSPS) is 14.6. The number of hydrogen-bond donors (Lipinski definition) is 4. The number of amides is 1. The molecule has 12 heteroatoms. The lowest BCUT2D eigenvalue weighted by atomic mass is 10.1. The van der Waals surface area contributed by atoms with Crippen molar-refractivity contribution < 1.29 is 13.2 Å². The molecule has 0 unspecified atom stereocenters. The summed E-state index contributed by atoms with van der Waals surface area (Å²) in [5.74, 6) is -0.491. The van der Waals surface area contributed by atoms with Gasteiger partial charge in [0.25, 0.3) is 5.91 Å². The maximum absolute atomic E-state index is 12.1. The van der Waals surface area contributed by atoms with Crippen LogP contribution in [-0.2, 0) is 14.8 Å². The second-order valence-corrected chi connectivity index (χ2v) is 8.11. The Kier molecular flexibility index (Phi) is 5.36. The number of carbonyl (C=O) groups is 1. The molecule has 8 nitrogen and oxygen atoms in total. The number of rotatable bonds is 3. The zero-order chi connectivity index (χ0) is 19.8. The standard InChI is InChI=1S/C15H11Cl2N5O3S2/c16-7-5-8-12(9(17)6-7)20-14(23)13(8)21-22-15(26)19-10-3-1-2-4-11(10)27(18,24)25/h1-6H,(H2,18,24,25)(H2,19,22,26)(H,20,21,23). The van der Waals surface area contributed by atoms with Gasteiger partial charge in [-0.2, -0.15) is 5.10 Å². The number of halogens is 2. The molecular formula is C15H11Cl2N5O3S2. The summed E-state index contributed by atoms with van der Waals surface area (Å²) < 4.78 is 23.2. The minimum absolute atomic E-state index is 0.0262. The number of anilines is 2. The van der Waals surface area contributed by atoms with Crippen LogP contribution in [0.15, 0.2) is 46.4 Å². The van der Waals surface area contributed by atoms with E-state index in [0.717, 1.165) is 0 Å². The highest BCUT2D eigenvalue weighted by molar-refractivity contribution is 7.89. The summed E-state index contributed by atoms with van der Waals surface area (Å²) >= 11 is 17.1. The van der Waals surface area contributed by atoms with Crippen LogP contribution in [0.3, 0.4) is 0 Å². The highest BCUT2D eigenvalue weighted by Gasteiger charge is 2.29. The number of thiocarbonyl (C=S) groups is 1. The molecule has 1 heterocycles. The molecule has 3 rings (SSSR count). The number of benzene rings is 2. The molecule has 0 spiro atoms. The molecule has 0 saturated carbocycles. The number of fused-ring (bicyclic) bond motifs is 1. The maximum atomic E-state index is 12.1. The van der Waals surface area contributed by atoms with Crippen LogP contribution in [0.1, 0.15) is 5.56 Å². The molecule has 2 aromatic carbocycles. The molecular weight excluding hydrogens is 433 g/mol. The molecule has 140 valence electrons.